The zero-order valence-electron chi connectivity index (χ0n) is 12.5. The van der Waals surface area contributed by atoms with Gasteiger partial charge in [-0.1, -0.05) is 40.0 Å². The predicted molar refractivity (Wildman–Crippen MR) is 92.5 cm³/mol. The van der Waals surface area contributed by atoms with Gasteiger partial charge in [0.2, 0.25) is 0 Å². The van der Waals surface area contributed by atoms with E-state index in [4.69, 9.17) is 50.5 Å². The van der Waals surface area contributed by atoms with E-state index in [-0.39, 0.29) is 26.6 Å². The first-order valence-corrected chi connectivity index (χ1v) is 8.24. The highest BCUT2D eigenvalue weighted by molar-refractivity contribution is 6.43. The molecule has 1 aliphatic heterocycles. The molecular formula is C14H14Cl3N3O5. The number of aromatic nitrogens is 1. The van der Waals surface area contributed by atoms with Crippen molar-refractivity contribution >= 4 is 51.5 Å². The summed E-state index contributed by atoms with van der Waals surface area (Å²) in [6.07, 6.45) is -4.82. The van der Waals surface area contributed by atoms with Crippen molar-refractivity contribution in [2.75, 3.05) is 6.61 Å². The Bertz CT molecular complexity index is 856. The van der Waals surface area contributed by atoms with Crippen molar-refractivity contribution < 1.29 is 25.3 Å². The van der Waals surface area contributed by atoms with Crippen molar-refractivity contribution in [3.05, 3.63) is 32.9 Å². The summed E-state index contributed by atoms with van der Waals surface area (Å²) in [7, 11) is 0. The summed E-state index contributed by atoms with van der Waals surface area (Å²) in [6, 6.07) is 2.96. The van der Waals surface area contributed by atoms with Gasteiger partial charge in [-0.25, -0.2) is 0 Å². The number of benzene rings is 1. The second-order valence-corrected chi connectivity index (χ2v) is 6.71. The van der Waals surface area contributed by atoms with Gasteiger partial charge in [0.1, 0.15) is 23.5 Å². The Hall–Kier alpha value is -1.26. The summed E-state index contributed by atoms with van der Waals surface area (Å²) in [5.74, 6) is -0.279. The van der Waals surface area contributed by atoms with Gasteiger partial charge in [-0.15, -0.1) is 0 Å². The zero-order valence-corrected chi connectivity index (χ0v) is 14.7. The minimum absolute atomic E-state index is 0.0153. The first-order chi connectivity index (χ1) is 11.8. The lowest BCUT2D eigenvalue weighted by atomic mass is 10.1. The SMILES string of the molecule is N/C(=N\O)c1c(Cl)n(C2O[C@H](CO)[C@@H](O)[C@H]2O)c2cc(Cl)c(Cl)cc12. The highest BCUT2D eigenvalue weighted by Crippen LogP contribution is 2.41. The Morgan fingerprint density at radius 2 is 1.84 bits per heavy atom. The molecule has 2 aromatic rings. The van der Waals surface area contributed by atoms with Crippen LogP contribution >= 0.6 is 34.8 Å². The van der Waals surface area contributed by atoms with E-state index in [1.165, 1.54) is 16.7 Å². The third-order valence-electron chi connectivity index (χ3n) is 4.12. The van der Waals surface area contributed by atoms with Crippen LogP contribution in [0.4, 0.5) is 0 Å². The molecule has 1 aromatic carbocycles. The minimum atomic E-state index is -1.38. The lowest BCUT2D eigenvalue weighted by Gasteiger charge is -2.19. The largest absolute Gasteiger partial charge is 0.409 e. The van der Waals surface area contributed by atoms with Gasteiger partial charge in [0, 0.05) is 5.39 Å². The third kappa shape index (κ3) is 2.83. The quantitative estimate of drug-likeness (QED) is 0.224. The molecule has 25 heavy (non-hydrogen) atoms. The molecule has 1 fully saturated rings. The number of nitrogens with two attached hydrogens (primary N) is 1. The normalized spacial score (nSPS) is 27.4. The third-order valence-corrected chi connectivity index (χ3v) is 5.21. The zero-order chi connectivity index (χ0) is 18.5. The van der Waals surface area contributed by atoms with Gasteiger partial charge in [-0.2, -0.15) is 0 Å². The van der Waals surface area contributed by atoms with E-state index < -0.39 is 31.1 Å². The van der Waals surface area contributed by atoms with Gasteiger partial charge in [0.05, 0.1) is 27.7 Å². The van der Waals surface area contributed by atoms with Gasteiger partial charge < -0.3 is 35.6 Å². The van der Waals surface area contributed by atoms with Crippen molar-refractivity contribution in [1.29, 1.82) is 0 Å². The van der Waals surface area contributed by atoms with Crippen LogP contribution in [0.3, 0.4) is 0 Å². The molecule has 0 amide bonds. The molecule has 1 saturated heterocycles. The summed E-state index contributed by atoms with van der Waals surface area (Å²) in [4.78, 5) is 0. The molecule has 1 unspecified atom stereocenters. The van der Waals surface area contributed by atoms with E-state index in [1.807, 2.05) is 0 Å². The first-order valence-electron chi connectivity index (χ1n) is 7.10. The van der Waals surface area contributed by atoms with E-state index in [9.17, 15) is 15.3 Å². The molecule has 1 aliphatic rings. The number of fused-ring (bicyclic) bond motifs is 1. The lowest BCUT2D eigenvalue weighted by Crippen LogP contribution is -2.33. The number of amidine groups is 1. The van der Waals surface area contributed by atoms with Crippen molar-refractivity contribution in [1.82, 2.24) is 4.57 Å². The summed E-state index contributed by atoms with van der Waals surface area (Å²) < 4.78 is 6.86. The monoisotopic (exact) mass is 409 g/mol. The number of ether oxygens (including phenoxy) is 1. The average molecular weight is 411 g/mol. The number of aliphatic hydroxyl groups excluding tert-OH is 3. The van der Waals surface area contributed by atoms with Crippen LogP contribution in [0.15, 0.2) is 17.3 Å². The molecule has 4 atom stereocenters. The molecule has 6 N–H and O–H groups in total. The summed E-state index contributed by atoms with van der Waals surface area (Å²) in [5, 5.41) is 42.3. The highest BCUT2D eigenvalue weighted by Gasteiger charge is 2.45. The Balaban J connectivity index is 2.29. The number of halogens is 3. The molecule has 3 rings (SSSR count). The van der Waals surface area contributed by atoms with Gasteiger partial charge in [0.15, 0.2) is 12.1 Å². The maximum Gasteiger partial charge on any atom is 0.173 e. The number of nitrogens with zero attached hydrogens (tertiary/aromatic N) is 2. The van der Waals surface area contributed by atoms with Crippen molar-refractivity contribution in [2.24, 2.45) is 10.9 Å². The Kier molecular flexibility index (Phi) is 5.04. The molecular weight excluding hydrogens is 397 g/mol. The number of hydrogen-bond acceptors (Lipinski definition) is 6. The van der Waals surface area contributed by atoms with Gasteiger partial charge >= 0.3 is 0 Å². The van der Waals surface area contributed by atoms with Crippen LogP contribution in [0.1, 0.15) is 11.8 Å². The average Bonchev–Trinajstić information content (AvgIpc) is 3.01. The maximum atomic E-state index is 10.3. The number of oxime groups is 1. The van der Waals surface area contributed by atoms with Crippen LogP contribution in [-0.4, -0.2) is 55.8 Å². The van der Waals surface area contributed by atoms with E-state index in [1.54, 1.807) is 0 Å². The van der Waals surface area contributed by atoms with E-state index in [0.717, 1.165) is 0 Å². The second-order valence-electron chi connectivity index (χ2n) is 5.53. The molecule has 8 nitrogen and oxygen atoms in total. The molecule has 1 aromatic heterocycles. The molecule has 136 valence electrons. The van der Waals surface area contributed by atoms with Crippen molar-refractivity contribution in [3.8, 4) is 0 Å². The topological polar surface area (TPSA) is 133 Å². The smallest absolute Gasteiger partial charge is 0.173 e. The number of rotatable bonds is 3. The van der Waals surface area contributed by atoms with Crippen LogP contribution < -0.4 is 5.73 Å². The number of hydrogen-bond donors (Lipinski definition) is 5. The van der Waals surface area contributed by atoms with Crippen LogP contribution in [0.25, 0.3) is 10.9 Å². The Morgan fingerprint density at radius 3 is 2.40 bits per heavy atom. The number of aliphatic hydroxyl groups is 3. The molecule has 0 saturated carbocycles. The fraction of sp³-hybridized carbons (Fsp3) is 0.357. The summed E-state index contributed by atoms with van der Waals surface area (Å²) >= 11 is 18.5. The van der Waals surface area contributed by atoms with E-state index in [0.29, 0.717) is 10.9 Å². The van der Waals surface area contributed by atoms with Crippen molar-refractivity contribution in [2.45, 2.75) is 24.5 Å². The van der Waals surface area contributed by atoms with Gasteiger partial charge in [-0.05, 0) is 12.1 Å². The summed E-state index contributed by atoms with van der Waals surface area (Å²) in [6.45, 7) is -0.495. The standard InChI is InChI=1S/C14H14Cl3N3O5/c15-5-1-4-7(2-6(5)16)20(12(17)9(4)13(18)19-24)14-11(23)10(22)8(3-21)25-14/h1-2,8,10-11,14,21-24H,3H2,(H2,18,19)/t8-,10-,11-,14?/m1/s1. The fourth-order valence-corrected chi connectivity index (χ4v) is 3.62. The van der Waals surface area contributed by atoms with E-state index in [2.05, 4.69) is 5.16 Å². The molecule has 2 heterocycles. The molecule has 0 radical (unpaired) electrons. The predicted octanol–water partition coefficient (Wildman–Crippen LogP) is 1.31. The van der Waals surface area contributed by atoms with Gasteiger partial charge in [0.25, 0.3) is 0 Å². The van der Waals surface area contributed by atoms with E-state index >= 15 is 0 Å². The fourth-order valence-electron chi connectivity index (χ4n) is 2.91. The first kappa shape index (κ1) is 18.5. The molecule has 0 bridgehead atoms. The summed E-state index contributed by atoms with van der Waals surface area (Å²) in [5.41, 5.74) is 6.26. The Morgan fingerprint density at radius 1 is 1.20 bits per heavy atom. The second kappa shape index (κ2) is 6.81. The van der Waals surface area contributed by atoms with Crippen LogP contribution in [-0.2, 0) is 4.74 Å². The van der Waals surface area contributed by atoms with Crippen molar-refractivity contribution in [3.63, 3.8) is 0 Å². The molecule has 0 spiro atoms. The molecule has 11 heteroatoms. The van der Waals surface area contributed by atoms with Crippen LogP contribution in [0.5, 0.6) is 0 Å². The van der Waals surface area contributed by atoms with Crippen LogP contribution in [0, 0.1) is 0 Å². The maximum absolute atomic E-state index is 10.3. The molecule has 0 aliphatic carbocycles. The Labute approximate surface area is 156 Å². The highest BCUT2D eigenvalue weighted by atomic mass is 35.5. The van der Waals surface area contributed by atoms with Gasteiger partial charge in [-0.3, -0.25) is 0 Å². The minimum Gasteiger partial charge on any atom is -0.409 e. The lowest BCUT2D eigenvalue weighted by molar-refractivity contribution is -0.0505. The van der Waals surface area contributed by atoms with Crippen LogP contribution in [0.2, 0.25) is 15.2 Å².